The standard InChI is InChI=1S/C31H41ClN2O3S/c1-3-4-5-6-7-8-9-10-11-12-18-36-30-20-28(16-17-29(30)32)37-23-31(35)33-27-15-13-14-26(19-27)22-34-21-25(2)38-24-34/h13-17,19-21,24H,3-12,18,22-23H2,1-2H3/p+1. The molecule has 0 spiro atoms. The highest BCUT2D eigenvalue weighted by atomic mass is 35.5. The van der Waals surface area contributed by atoms with Crippen LogP contribution in [0.1, 0.15) is 81.6 Å². The Morgan fingerprint density at radius 3 is 2.39 bits per heavy atom. The van der Waals surface area contributed by atoms with Gasteiger partial charge in [-0.25, -0.2) is 0 Å². The van der Waals surface area contributed by atoms with Crippen LogP contribution in [0.2, 0.25) is 5.02 Å². The molecule has 1 heterocycles. The zero-order valence-corrected chi connectivity index (χ0v) is 24.4. The number of ether oxygens (including phenoxy) is 2. The molecule has 1 aromatic heterocycles. The maximum atomic E-state index is 12.5. The summed E-state index contributed by atoms with van der Waals surface area (Å²) in [6.07, 6.45) is 14.9. The van der Waals surface area contributed by atoms with Gasteiger partial charge in [0.05, 0.1) is 16.5 Å². The van der Waals surface area contributed by atoms with Gasteiger partial charge in [0.25, 0.3) is 5.91 Å². The fourth-order valence-corrected chi connectivity index (χ4v) is 5.09. The molecule has 1 N–H and O–H groups in total. The maximum Gasteiger partial charge on any atom is 0.262 e. The molecule has 0 saturated heterocycles. The monoisotopic (exact) mass is 557 g/mol. The van der Waals surface area contributed by atoms with Crippen molar-refractivity contribution in [2.24, 2.45) is 0 Å². The third kappa shape index (κ3) is 11.4. The summed E-state index contributed by atoms with van der Waals surface area (Å²) in [4.78, 5) is 13.8. The predicted molar refractivity (Wildman–Crippen MR) is 158 cm³/mol. The number of nitrogens with zero attached hydrogens (tertiary/aromatic N) is 1. The van der Waals surface area contributed by atoms with Gasteiger partial charge in [0, 0.05) is 17.3 Å². The highest BCUT2D eigenvalue weighted by molar-refractivity contribution is 7.09. The van der Waals surface area contributed by atoms with Gasteiger partial charge in [-0.2, -0.15) is 4.57 Å². The van der Waals surface area contributed by atoms with E-state index in [4.69, 9.17) is 21.1 Å². The Morgan fingerprint density at radius 1 is 0.947 bits per heavy atom. The lowest BCUT2D eigenvalue weighted by molar-refractivity contribution is -0.683. The first kappa shape index (κ1) is 30.0. The number of carbonyl (C=O) groups excluding carboxylic acids is 1. The smallest absolute Gasteiger partial charge is 0.262 e. The third-order valence-electron chi connectivity index (χ3n) is 6.33. The van der Waals surface area contributed by atoms with Crippen LogP contribution >= 0.6 is 22.9 Å². The number of rotatable bonds is 18. The number of halogens is 1. The third-order valence-corrected chi connectivity index (χ3v) is 7.49. The summed E-state index contributed by atoms with van der Waals surface area (Å²) < 4.78 is 13.8. The molecule has 0 aliphatic heterocycles. The number of unbranched alkanes of at least 4 members (excludes halogenated alkanes) is 9. The Labute approximate surface area is 237 Å². The minimum atomic E-state index is -0.219. The van der Waals surface area contributed by atoms with Crippen LogP contribution in [0.15, 0.2) is 54.2 Å². The van der Waals surface area contributed by atoms with E-state index in [1.807, 2.05) is 18.2 Å². The first-order valence-electron chi connectivity index (χ1n) is 13.9. The van der Waals surface area contributed by atoms with E-state index in [9.17, 15) is 4.79 Å². The van der Waals surface area contributed by atoms with Gasteiger partial charge in [0.15, 0.2) is 19.3 Å². The van der Waals surface area contributed by atoms with E-state index in [1.54, 1.807) is 29.5 Å². The van der Waals surface area contributed by atoms with Crippen molar-refractivity contribution in [2.75, 3.05) is 18.5 Å². The zero-order valence-electron chi connectivity index (χ0n) is 22.8. The molecule has 0 aliphatic rings. The summed E-state index contributed by atoms with van der Waals surface area (Å²) in [5.74, 6) is 0.930. The minimum absolute atomic E-state index is 0.0950. The average Bonchev–Trinajstić information content (AvgIpc) is 3.31. The van der Waals surface area contributed by atoms with Crippen LogP contribution in [0.25, 0.3) is 0 Å². The molecule has 2 aromatic carbocycles. The molecular weight excluding hydrogens is 516 g/mol. The fraction of sp³-hybridized carbons (Fsp3) is 0.484. The van der Waals surface area contributed by atoms with Crippen molar-refractivity contribution in [3.63, 3.8) is 0 Å². The summed E-state index contributed by atoms with van der Waals surface area (Å²) in [6, 6.07) is 13.1. The fourth-order valence-electron chi connectivity index (χ4n) is 4.29. The number of aryl methyl sites for hydroxylation is 1. The number of thiazole rings is 1. The van der Waals surface area contributed by atoms with Crippen molar-refractivity contribution in [2.45, 2.75) is 84.6 Å². The SMILES string of the molecule is CCCCCCCCCCCCOc1cc(OCC(=O)Nc2cccc(C[n+]3csc(C)c3)c2)ccc1Cl. The van der Waals surface area contributed by atoms with Crippen molar-refractivity contribution in [1.29, 1.82) is 0 Å². The molecule has 7 heteroatoms. The van der Waals surface area contributed by atoms with E-state index >= 15 is 0 Å². The first-order valence-corrected chi connectivity index (χ1v) is 15.2. The number of benzene rings is 2. The summed E-state index contributed by atoms with van der Waals surface area (Å²) >= 11 is 8.03. The number of nitrogens with one attached hydrogen (secondary N) is 1. The summed E-state index contributed by atoms with van der Waals surface area (Å²) in [7, 11) is 0. The van der Waals surface area contributed by atoms with E-state index in [0.29, 0.717) is 23.1 Å². The quantitative estimate of drug-likeness (QED) is 0.126. The number of anilines is 1. The molecular formula is C31H42ClN2O3S+. The number of carbonyl (C=O) groups is 1. The van der Waals surface area contributed by atoms with Gasteiger partial charge in [-0.15, -0.1) is 0 Å². The largest absolute Gasteiger partial charge is 0.492 e. The van der Waals surface area contributed by atoms with Gasteiger partial charge in [-0.1, -0.05) is 99.8 Å². The van der Waals surface area contributed by atoms with E-state index < -0.39 is 0 Å². The second-order valence-corrected chi connectivity index (χ2v) is 11.3. The van der Waals surface area contributed by atoms with Crippen LogP contribution in [-0.4, -0.2) is 19.1 Å². The average molecular weight is 558 g/mol. The van der Waals surface area contributed by atoms with Crippen molar-refractivity contribution in [1.82, 2.24) is 0 Å². The van der Waals surface area contributed by atoms with Gasteiger partial charge in [0.2, 0.25) is 5.51 Å². The van der Waals surface area contributed by atoms with E-state index in [0.717, 1.165) is 30.6 Å². The molecule has 0 fully saturated rings. The van der Waals surface area contributed by atoms with Crippen molar-refractivity contribution >= 4 is 34.5 Å². The predicted octanol–water partition coefficient (Wildman–Crippen LogP) is 8.36. The number of hydrogen-bond acceptors (Lipinski definition) is 4. The lowest BCUT2D eigenvalue weighted by Crippen LogP contribution is -2.30. The van der Waals surface area contributed by atoms with E-state index in [2.05, 4.69) is 41.5 Å². The lowest BCUT2D eigenvalue weighted by atomic mass is 10.1. The van der Waals surface area contributed by atoms with Gasteiger partial charge >= 0.3 is 0 Å². The molecule has 206 valence electrons. The van der Waals surface area contributed by atoms with Gasteiger partial charge in [-0.05, 0) is 37.6 Å². The lowest BCUT2D eigenvalue weighted by Gasteiger charge is -2.12. The Bertz CT molecular complexity index is 1120. The number of hydrogen-bond donors (Lipinski definition) is 1. The summed E-state index contributed by atoms with van der Waals surface area (Å²) in [6.45, 7) is 5.64. The van der Waals surface area contributed by atoms with Crippen LogP contribution in [-0.2, 0) is 11.3 Å². The molecule has 0 radical (unpaired) electrons. The molecule has 0 unspecified atom stereocenters. The topological polar surface area (TPSA) is 51.4 Å². The minimum Gasteiger partial charge on any atom is -0.492 e. The molecule has 38 heavy (non-hydrogen) atoms. The Morgan fingerprint density at radius 2 is 1.68 bits per heavy atom. The molecule has 5 nitrogen and oxygen atoms in total. The van der Waals surface area contributed by atoms with Crippen LogP contribution < -0.4 is 19.4 Å². The van der Waals surface area contributed by atoms with Gasteiger partial charge < -0.3 is 14.8 Å². The second-order valence-electron chi connectivity index (χ2n) is 9.80. The molecule has 0 bridgehead atoms. The molecule has 0 atom stereocenters. The number of aromatic nitrogens is 1. The highest BCUT2D eigenvalue weighted by Crippen LogP contribution is 2.29. The van der Waals surface area contributed by atoms with Crippen LogP contribution in [0, 0.1) is 6.92 Å². The second kappa shape index (κ2) is 17.1. The van der Waals surface area contributed by atoms with Crippen molar-refractivity contribution < 1.29 is 18.8 Å². The number of amides is 1. The van der Waals surface area contributed by atoms with Crippen LogP contribution in [0.5, 0.6) is 11.5 Å². The van der Waals surface area contributed by atoms with Crippen LogP contribution in [0.3, 0.4) is 0 Å². The molecule has 3 aromatic rings. The summed E-state index contributed by atoms with van der Waals surface area (Å²) in [5, 5.41) is 3.46. The molecule has 3 rings (SSSR count). The zero-order chi connectivity index (χ0) is 27.0. The van der Waals surface area contributed by atoms with Gasteiger partial charge in [0.1, 0.15) is 11.5 Å². The Hall–Kier alpha value is -2.57. The van der Waals surface area contributed by atoms with E-state index in [1.165, 1.54) is 56.2 Å². The van der Waals surface area contributed by atoms with Crippen LogP contribution in [0.4, 0.5) is 5.69 Å². The molecule has 1 amide bonds. The summed E-state index contributed by atoms with van der Waals surface area (Å²) in [5.41, 5.74) is 3.96. The molecule has 0 aliphatic carbocycles. The molecule has 0 saturated carbocycles. The van der Waals surface area contributed by atoms with Gasteiger partial charge in [-0.3, -0.25) is 4.79 Å². The van der Waals surface area contributed by atoms with Crippen molar-refractivity contribution in [3.05, 3.63) is 69.6 Å². The van der Waals surface area contributed by atoms with Crippen molar-refractivity contribution in [3.8, 4) is 11.5 Å². The Kier molecular flexibility index (Phi) is 13.5. The van der Waals surface area contributed by atoms with E-state index in [-0.39, 0.29) is 12.5 Å². The normalized spacial score (nSPS) is 10.9. The first-order chi connectivity index (χ1) is 18.5. The highest BCUT2D eigenvalue weighted by Gasteiger charge is 2.10. The Balaban J connectivity index is 1.35. The maximum absolute atomic E-state index is 12.5.